The van der Waals surface area contributed by atoms with Crippen molar-refractivity contribution >= 4 is 17.4 Å². The third kappa shape index (κ3) is 4.52. The molecule has 2 rings (SSSR count). The molecule has 0 unspecified atom stereocenters. The molecule has 1 aromatic carbocycles. The molecule has 0 saturated heterocycles. The number of hydrogen-bond donors (Lipinski definition) is 2. The van der Waals surface area contributed by atoms with E-state index in [0.717, 1.165) is 16.8 Å². The Morgan fingerprint density at radius 2 is 1.61 bits per heavy atom. The van der Waals surface area contributed by atoms with E-state index in [2.05, 4.69) is 32.7 Å². The van der Waals surface area contributed by atoms with Crippen molar-refractivity contribution in [1.29, 1.82) is 0 Å². The summed E-state index contributed by atoms with van der Waals surface area (Å²) in [5.41, 5.74) is 4.30. The molecular formula is C18H24N4O. The first-order valence-electron chi connectivity index (χ1n) is 7.65. The number of rotatable bonds is 3. The Morgan fingerprint density at radius 1 is 1.00 bits per heavy atom. The van der Waals surface area contributed by atoms with Gasteiger partial charge < -0.3 is 10.6 Å². The van der Waals surface area contributed by atoms with Crippen molar-refractivity contribution in [3.63, 3.8) is 0 Å². The molecule has 0 atom stereocenters. The lowest BCUT2D eigenvalue weighted by molar-refractivity contribution is 0.102. The minimum Gasteiger partial charge on any atom is -0.365 e. The van der Waals surface area contributed by atoms with E-state index in [0.29, 0.717) is 11.5 Å². The summed E-state index contributed by atoms with van der Waals surface area (Å²) in [7, 11) is 0. The van der Waals surface area contributed by atoms with Crippen LogP contribution in [-0.4, -0.2) is 21.4 Å². The van der Waals surface area contributed by atoms with E-state index in [1.807, 2.05) is 41.5 Å². The van der Waals surface area contributed by atoms with Crippen molar-refractivity contribution < 1.29 is 4.79 Å². The molecule has 5 nitrogen and oxygen atoms in total. The maximum absolute atomic E-state index is 12.5. The molecule has 0 spiro atoms. The number of carbonyl (C=O) groups is 1. The van der Waals surface area contributed by atoms with Gasteiger partial charge in [-0.05, 0) is 52.7 Å². The molecule has 0 radical (unpaired) electrons. The first-order valence-corrected chi connectivity index (χ1v) is 7.65. The van der Waals surface area contributed by atoms with Crippen LogP contribution >= 0.6 is 0 Å². The second-order valence-corrected chi connectivity index (χ2v) is 6.89. The van der Waals surface area contributed by atoms with E-state index >= 15 is 0 Å². The molecule has 0 fully saturated rings. The van der Waals surface area contributed by atoms with Crippen LogP contribution in [0.2, 0.25) is 0 Å². The fraction of sp³-hybridized carbons (Fsp3) is 0.389. The molecule has 0 aliphatic rings. The summed E-state index contributed by atoms with van der Waals surface area (Å²) in [6.45, 7) is 12.1. The molecule has 0 aliphatic heterocycles. The summed E-state index contributed by atoms with van der Waals surface area (Å²) >= 11 is 0. The van der Waals surface area contributed by atoms with E-state index in [1.54, 1.807) is 6.07 Å². The minimum atomic E-state index is -0.237. The maximum Gasteiger partial charge on any atom is 0.274 e. The van der Waals surface area contributed by atoms with Crippen LogP contribution in [-0.2, 0) is 0 Å². The van der Waals surface area contributed by atoms with Gasteiger partial charge in [0.25, 0.3) is 5.91 Å². The molecule has 0 saturated carbocycles. The highest BCUT2D eigenvalue weighted by atomic mass is 16.1. The van der Waals surface area contributed by atoms with Crippen molar-refractivity contribution in [2.45, 2.75) is 47.1 Å². The number of nitrogens with zero attached hydrogens (tertiary/aromatic N) is 2. The topological polar surface area (TPSA) is 66.9 Å². The highest BCUT2D eigenvalue weighted by Gasteiger charge is 2.15. The lowest BCUT2D eigenvalue weighted by atomic mass is 10.0. The molecule has 122 valence electrons. The number of hydrogen-bond acceptors (Lipinski definition) is 4. The molecule has 2 N–H and O–H groups in total. The van der Waals surface area contributed by atoms with E-state index < -0.39 is 0 Å². The van der Waals surface area contributed by atoms with Gasteiger partial charge in [0.15, 0.2) is 0 Å². The van der Waals surface area contributed by atoms with Gasteiger partial charge in [-0.2, -0.15) is 0 Å². The zero-order chi connectivity index (χ0) is 17.2. The predicted molar refractivity (Wildman–Crippen MR) is 94.0 cm³/mol. The third-order valence-electron chi connectivity index (χ3n) is 3.32. The van der Waals surface area contributed by atoms with Crippen molar-refractivity contribution in [3.05, 3.63) is 46.9 Å². The minimum absolute atomic E-state index is 0.133. The average Bonchev–Trinajstić information content (AvgIpc) is 2.41. The number of aromatic nitrogens is 2. The average molecular weight is 312 g/mol. The predicted octanol–water partition coefficient (Wildman–Crippen LogP) is 3.86. The SMILES string of the molecule is Cc1cc(C)c(NC(=O)c2cc(NC(C)(C)C)ncn2)c(C)c1. The van der Waals surface area contributed by atoms with E-state index in [9.17, 15) is 4.79 Å². The van der Waals surface area contributed by atoms with Crippen LogP contribution in [0.5, 0.6) is 0 Å². The highest BCUT2D eigenvalue weighted by Crippen LogP contribution is 2.22. The van der Waals surface area contributed by atoms with Crippen LogP contribution in [0.3, 0.4) is 0 Å². The van der Waals surface area contributed by atoms with Crippen LogP contribution in [0.25, 0.3) is 0 Å². The summed E-state index contributed by atoms with van der Waals surface area (Å²) in [5, 5.41) is 6.19. The lowest BCUT2D eigenvalue weighted by Crippen LogP contribution is -2.27. The van der Waals surface area contributed by atoms with E-state index in [1.165, 1.54) is 11.9 Å². The van der Waals surface area contributed by atoms with Crippen molar-refractivity contribution in [1.82, 2.24) is 9.97 Å². The molecule has 1 amide bonds. The van der Waals surface area contributed by atoms with Crippen LogP contribution in [0, 0.1) is 20.8 Å². The second kappa shape index (κ2) is 6.36. The summed E-state index contributed by atoms with van der Waals surface area (Å²) in [6, 6.07) is 5.77. The molecule has 0 bridgehead atoms. The zero-order valence-corrected chi connectivity index (χ0v) is 14.6. The molecule has 23 heavy (non-hydrogen) atoms. The Morgan fingerprint density at radius 3 is 2.17 bits per heavy atom. The Kier molecular flexibility index (Phi) is 4.68. The zero-order valence-electron chi connectivity index (χ0n) is 14.6. The smallest absolute Gasteiger partial charge is 0.274 e. The molecule has 1 heterocycles. The fourth-order valence-corrected chi connectivity index (χ4v) is 2.49. The van der Waals surface area contributed by atoms with E-state index in [-0.39, 0.29) is 11.4 Å². The van der Waals surface area contributed by atoms with Gasteiger partial charge in [-0.3, -0.25) is 4.79 Å². The van der Waals surface area contributed by atoms with Crippen molar-refractivity contribution in [2.24, 2.45) is 0 Å². The Hall–Kier alpha value is -2.43. The molecular weight excluding hydrogens is 288 g/mol. The van der Waals surface area contributed by atoms with Gasteiger partial charge in [-0.25, -0.2) is 9.97 Å². The Bertz CT molecular complexity index is 709. The van der Waals surface area contributed by atoms with Gasteiger partial charge >= 0.3 is 0 Å². The van der Waals surface area contributed by atoms with Crippen molar-refractivity contribution in [3.8, 4) is 0 Å². The molecule has 1 aromatic heterocycles. The van der Waals surface area contributed by atoms with Gasteiger partial charge in [0.2, 0.25) is 0 Å². The highest BCUT2D eigenvalue weighted by molar-refractivity contribution is 6.04. The first-order chi connectivity index (χ1) is 10.7. The standard InChI is InChI=1S/C18H24N4O/c1-11-7-12(2)16(13(3)8-11)21-17(23)14-9-15(20-10-19-14)22-18(4,5)6/h7-10H,1-6H3,(H,21,23)(H,19,20,22). The van der Waals surface area contributed by atoms with Gasteiger partial charge in [0.05, 0.1) is 0 Å². The summed E-state index contributed by atoms with van der Waals surface area (Å²) in [5.74, 6) is 0.398. The largest absolute Gasteiger partial charge is 0.365 e. The molecule has 0 aliphatic carbocycles. The first kappa shape index (κ1) is 16.9. The Labute approximate surface area is 137 Å². The summed E-state index contributed by atoms with van der Waals surface area (Å²) in [6.07, 6.45) is 1.40. The number of nitrogens with one attached hydrogen (secondary N) is 2. The Balaban J connectivity index is 2.23. The van der Waals surface area contributed by atoms with Crippen LogP contribution in [0.15, 0.2) is 24.5 Å². The lowest BCUT2D eigenvalue weighted by Gasteiger charge is -2.21. The van der Waals surface area contributed by atoms with Gasteiger partial charge in [0.1, 0.15) is 17.8 Å². The third-order valence-corrected chi connectivity index (χ3v) is 3.32. The number of amides is 1. The van der Waals surface area contributed by atoms with Crippen LogP contribution < -0.4 is 10.6 Å². The summed E-state index contributed by atoms with van der Waals surface area (Å²) < 4.78 is 0. The van der Waals surface area contributed by atoms with Gasteiger partial charge in [-0.1, -0.05) is 17.7 Å². The van der Waals surface area contributed by atoms with Crippen LogP contribution in [0.1, 0.15) is 48.0 Å². The van der Waals surface area contributed by atoms with Gasteiger partial charge in [0, 0.05) is 17.3 Å². The normalized spacial score (nSPS) is 11.2. The maximum atomic E-state index is 12.5. The molecule has 5 heteroatoms. The number of aryl methyl sites for hydroxylation is 3. The monoisotopic (exact) mass is 312 g/mol. The quantitative estimate of drug-likeness (QED) is 0.903. The number of benzene rings is 1. The van der Waals surface area contributed by atoms with Crippen molar-refractivity contribution in [2.75, 3.05) is 10.6 Å². The second-order valence-electron chi connectivity index (χ2n) is 6.89. The number of carbonyl (C=O) groups excluding carboxylic acids is 1. The summed E-state index contributed by atoms with van der Waals surface area (Å²) in [4.78, 5) is 20.7. The number of anilines is 2. The molecule has 2 aromatic rings. The van der Waals surface area contributed by atoms with E-state index in [4.69, 9.17) is 0 Å². The fourth-order valence-electron chi connectivity index (χ4n) is 2.49. The van der Waals surface area contributed by atoms with Gasteiger partial charge in [-0.15, -0.1) is 0 Å². The van der Waals surface area contributed by atoms with Crippen LogP contribution in [0.4, 0.5) is 11.5 Å².